The molecule has 0 saturated heterocycles. The van der Waals surface area contributed by atoms with Crippen LogP contribution in [0.4, 0.5) is 0 Å². The van der Waals surface area contributed by atoms with E-state index in [2.05, 4.69) is 15.2 Å². The van der Waals surface area contributed by atoms with Crippen LogP contribution in [0, 0.1) is 6.92 Å². The molecule has 2 N–H and O–H groups in total. The summed E-state index contributed by atoms with van der Waals surface area (Å²) in [6, 6.07) is 0. The van der Waals surface area contributed by atoms with E-state index < -0.39 is 0 Å². The number of nitrogens with two attached hydrogens (primary N) is 1. The highest BCUT2D eigenvalue weighted by atomic mass is 15.3. The number of fused-ring (bicyclic) bond motifs is 1. The average molecular weight is 149 g/mol. The van der Waals surface area contributed by atoms with E-state index in [1.165, 1.54) is 11.0 Å². The van der Waals surface area contributed by atoms with Crippen LogP contribution in [0.25, 0.3) is 11.4 Å². The second-order valence-corrected chi connectivity index (χ2v) is 2.32. The molecule has 2 aliphatic rings. The van der Waals surface area contributed by atoms with E-state index in [4.69, 9.17) is 5.84 Å². The van der Waals surface area contributed by atoms with Crippen LogP contribution in [-0.4, -0.2) is 19.9 Å². The molecule has 0 aromatic heterocycles. The highest BCUT2D eigenvalue weighted by Gasteiger charge is 2.11. The Morgan fingerprint density at radius 3 is 3.00 bits per heavy atom. The maximum atomic E-state index is 5.58. The molecule has 56 valence electrons. The maximum Gasteiger partial charge on any atom is 0.132 e. The lowest BCUT2D eigenvalue weighted by Gasteiger charge is -2.02. The minimum absolute atomic E-state index is 0.729. The number of aryl methyl sites for hydroxylation is 1. The fraction of sp³-hybridized carbons (Fsp3) is 0.167. The lowest BCUT2D eigenvalue weighted by atomic mass is 10.3. The molecule has 0 spiro atoms. The number of aromatic nitrogens is 4. The number of nitrogen functional groups attached to an aromatic ring is 1. The van der Waals surface area contributed by atoms with Crippen LogP contribution in [0.1, 0.15) is 5.69 Å². The quantitative estimate of drug-likeness (QED) is 0.526. The van der Waals surface area contributed by atoms with Crippen LogP contribution in [0.3, 0.4) is 0 Å². The van der Waals surface area contributed by atoms with Crippen molar-refractivity contribution in [1.29, 1.82) is 0 Å². The second-order valence-electron chi connectivity index (χ2n) is 2.32. The van der Waals surface area contributed by atoms with Crippen LogP contribution >= 0.6 is 0 Å². The van der Waals surface area contributed by atoms with Gasteiger partial charge in [-0.25, -0.2) is 9.66 Å². The average Bonchev–Trinajstić information content (AvgIpc) is 2.34. The highest BCUT2D eigenvalue weighted by Crippen LogP contribution is 2.17. The first-order chi connectivity index (χ1) is 5.29. The predicted molar refractivity (Wildman–Crippen MR) is 39.3 cm³/mol. The highest BCUT2D eigenvalue weighted by molar-refractivity contribution is 5.57. The molecule has 2 aliphatic heterocycles. The largest absolute Gasteiger partial charge is 0.338 e. The Kier molecular flexibility index (Phi) is 1.06. The summed E-state index contributed by atoms with van der Waals surface area (Å²) in [6.45, 7) is 1.86. The number of nitrogens with zero attached hydrogens (tertiary/aromatic N) is 4. The topological polar surface area (TPSA) is 69.6 Å². The third kappa shape index (κ3) is 0.739. The normalized spacial score (nSPS) is 10.6. The third-order valence-corrected chi connectivity index (χ3v) is 1.54. The van der Waals surface area contributed by atoms with Crippen LogP contribution in [0.2, 0.25) is 0 Å². The molecular weight excluding hydrogens is 142 g/mol. The van der Waals surface area contributed by atoms with E-state index in [-0.39, 0.29) is 0 Å². The Hall–Kier alpha value is -1.65. The zero-order valence-electron chi connectivity index (χ0n) is 6.02. The Morgan fingerprint density at radius 2 is 2.27 bits per heavy atom. The van der Waals surface area contributed by atoms with Crippen LogP contribution in [0.15, 0.2) is 12.5 Å². The van der Waals surface area contributed by atoms with E-state index in [0.29, 0.717) is 0 Å². The van der Waals surface area contributed by atoms with Gasteiger partial charge in [-0.3, -0.25) is 0 Å². The Balaban J connectivity index is 2.82. The van der Waals surface area contributed by atoms with Crippen LogP contribution in [-0.2, 0) is 0 Å². The molecule has 0 aromatic rings. The molecule has 0 unspecified atom stereocenters. The predicted octanol–water partition coefficient (Wildman–Crippen LogP) is -0.200. The monoisotopic (exact) mass is 149 g/mol. The summed E-state index contributed by atoms with van der Waals surface area (Å²) < 4.78 is 1.42. The van der Waals surface area contributed by atoms with Crippen molar-refractivity contribution in [3.63, 3.8) is 0 Å². The Labute approximate surface area is 63.2 Å². The van der Waals surface area contributed by atoms with Gasteiger partial charge in [0, 0.05) is 0 Å². The van der Waals surface area contributed by atoms with Gasteiger partial charge in [0.2, 0.25) is 0 Å². The molecule has 0 saturated carbocycles. The summed E-state index contributed by atoms with van der Waals surface area (Å²) in [5, 5.41) is 7.73. The zero-order valence-corrected chi connectivity index (χ0v) is 6.02. The molecule has 5 heteroatoms. The van der Waals surface area contributed by atoms with E-state index in [0.717, 1.165) is 17.1 Å². The third-order valence-electron chi connectivity index (χ3n) is 1.54. The second kappa shape index (κ2) is 1.91. The minimum Gasteiger partial charge on any atom is -0.338 e. The molecule has 0 radical (unpaired) electrons. The van der Waals surface area contributed by atoms with E-state index in [1.54, 1.807) is 6.20 Å². The summed E-state index contributed by atoms with van der Waals surface area (Å²) in [4.78, 5) is 3.86. The Morgan fingerprint density at radius 1 is 1.45 bits per heavy atom. The fourth-order valence-electron chi connectivity index (χ4n) is 1.05. The minimum atomic E-state index is 0.729. The van der Waals surface area contributed by atoms with Gasteiger partial charge >= 0.3 is 0 Å². The first-order valence-corrected chi connectivity index (χ1v) is 3.19. The Bertz CT molecular complexity index is 352. The first kappa shape index (κ1) is 6.09. The molecule has 2 heterocycles. The van der Waals surface area contributed by atoms with Gasteiger partial charge < -0.3 is 5.84 Å². The van der Waals surface area contributed by atoms with Gasteiger partial charge in [0.1, 0.15) is 17.7 Å². The van der Waals surface area contributed by atoms with Gasteiger partial charge in [0.05, 0.1) is 11.9 Å². The summed E-state index contributed by atoms with van der Waals surface area (Å²) in [5.41, 5.74) is 2.39. The lowest BCUT2D eigenvalue weighted by molar-refractivity contribution is 0.935. The number of rotatable bonds is 0. The summed E-state index contributed by atoms with van der Waals surface area (Å²) >= 11 is 0. The molecule has 0 amide bonds. The van der Waals surface area contributed by atoms with Crippen molar-refractivity contribution in [2.24, 2.45) is 0 Å². The molecule has 0 aliphatic carbocycles. The van der Waals surface area contributed by atoms with Gasteiger partial charge in [-0.05, 0) is 6.92 Å². The first-order valence-electron chi connectivity index (χ1n) is 3.19. The summed E-state index contributed by atoms with van der Waals surface area (Å²) in [6.07, 6.45) is 3.16. The molecule has 0 aromatic carbocycles. The van der Waals surface area contributed by atoms with Crippen molar-refractivity contribution in [3.8, 4) is 11.4 Å². The lowest BCUT2D eigenvalue weighted by Crippen LogP contribution is -2.12. The van der Waals surface area contributed by atoms with Crippen molar-refractivity contribution in [2.75, 3.05) is 5.84 Å². The van der Waals surface area contributed by atoms with Crippen molar-refractivity contribution >= 4 is 0 Å². The number of hydrogen-bond donors (Lipinski definition) is 1. The standard InChI is InChI=1S/C6H7N5/c1-4-6-5(10-9-4)2-8-3-11(6)7/h2-3H,7H2,1H3. The summed E-state index contributed by atoms with van der Waals surface area (Å²) in [5.74, 6) is 5.58. The zero-order chi connectivity index (χ0) is 7.84. The van der Waals surface area contributed by atoms with Gasteiger partial charge in [-0.15, -0.1) is 5.10 Å². The maximum absolute atomic E-state index is 5.58. The van der Waals surface area contributed by atoms with Crippen LogP contribution in [0.5, 0.6) is 0 Å². The van der Waals surface area contributed by atoms with E-state index in [9.17, 15) is 0 Å². The molecule has 11 heavy (non-hydrogen) atoms. The molecule has 0 bridgehead atoms. The van der Waals surface area contributed by atoms with E-state index in [1.807, 2.05) is 6.92 Å². The number of hydrogen-bond acceptors (Lipinski definition) is 4. The SMILES string of the molecule is Cc1nnc2cncn(N)c1-2. The van der Waals surface area contributed by atoms with Gasteiger partial charge in [0.15, 0.2) is 0 Å². The van der Waals surface area contributed by atoms with Crippen molar-refractivity contribution in [3.05, 3.63) is 18.2 Å². The molecule has 0 fully saturated rings. The fourth-order valence-corrected chi connectivity index (χ4v) is 1.05. The molecular formula is C6H7N5. The van der Waals surface area contributed by atoms with Gasteiger partial charge in [0.25, 0.3) is 0 Å². The summed E-state index contributed by atoms with van der Waals surface area (Å²) in [7, 11) is 0. The van der Waals surface area contributed by atoms with E-state index >= 15 is 0 Å². The van der Waals surface area contributed by atoms with Gasteiger partial charge in [-0.2, -0.15) is 5.10 Å². The smallest absolute Gasteiger partial charge is 0.132 e. The molecule has 5 nitrogen and oxygen atoms in total. The van der Waals surface area contributed by atoms with Gasteiger partial charge in [-0.1, -0.05) is 0 Å². The van der Waals surface area contributed by atoms with Crippen molar-refractivity contribution in [1.82, 2.24) is 19.9 Å². The molecule has 2 rings (SSSR count). The molecule has 0 atom stereocenters. The van der Waals surface area contributed by atoms with Crippen molar-refractivity contribution < 1.29 is 0 Å². The van der Waals surface area contributed by atoms with Crippen molar-refractivity contribution in [2.45, 2.75) is 6.92 Å². The van der Waals surface area contributed by atoms with Crippen LogP contribution < -0.4 is 5.84 Å².